The zero-order valence-electron chi connectivity index (χ0n) is 12.8. The van der Waals surface area contributed by atoms with Crippen LogP contribution < -0.4 is 0 Å². The maximum absolute atomic E-state index is 11.7. The van der Waals surface area contributed by atoms with Gasteiger partial charge < -0.3 is 9.67 Å². The van der Waals surface area contributed by atoms with Crippen LogP contribution in [0.5, 0.6) is 0 Å². The highest BCUT2D eigenvalue weighted by Gasteiger charge is 2.41. The Hall–Kier alpha value is -0.920. The van der Waals surface area contributed by atoms with Gasteiger partial charge in [0, 0.05) is 38.2 Å². The number of aromatic nitrogens is 2. The molecule has 118 valence electrons. The molecule has 0 spiro atoms. The summed E-state index contributed by atoms with van der Waals surface area (Å²) in [5.74, 6) is 1.39. The van der Waals surface area contributed by atoms with Crippen molar-refractivity contribution >= 4 is 9.84 Å². The normalized spacial score (nSPS) is 29.0. The molecule has 1 fully saturated rings. The van der Waals surface area contributed by atoms with E-state index in [1.807, 2.05) is 7.05 Å². The Morgan fingerprint density at radius 3 is 2.62 bits per heavy atom. The summed E-state index contributed by atoms with van der Waals surface area (Å²) in [6.45, 7) is 5.66. The van der Waals surface area contributed by atoms with E-state index < -0.39 is 15.9 Å². The van der Waals surface area contributed by atoms with Gasteiger partial charge in [0.05, 0.1) is 29.3 Å². The largest absolute Gasteiger partial charge is 0.390 e. The second kappa shape index (κ2) is 5.07. The van der Waals surface area contributed by atoms with E-state index in [1.165, 1.54) is 5.69 Å². The topological polar surface area (TPSA) is 75.4 Å². The van der Waals surface area contributed by atoms with Gasteiger partial charge in [0.2, 0.25) is 0 Å². The molecule has 0 radical (unpaired) electrons. The Labute approximate surface area is 125 Å². The molecule has 0 aromatic carbocycles. The molecule has 1 saturated heterocycles. The Morgan fingerprint density at radius 2 is 2.05 bits per heavy atom. The van der Waals surface area contributed by atoms with E-state index in [9.17, 15) is 13.5 Å². The predicted octanol–water partition coefficient (Wildman–Crippen LogP) is 0.0595. The molecule has 0 saturated carbocycles. The van der Waals surface area contributed by atoms with Gasteiger partial charge in [-0.1, -0.05) is 13.8 Å². The van der Waals surface area contributed by atoms with E-state index in [0.29, 0.717) is 12.5 Å². The van der Waals surface area contributed by atoms with Crippen LogP contribution in [0.15, 0.2) is 0 Å². The van der Waals surface area contributed by atoms with Crippen LogP contribution in [0.25, 0.3) is 0 Å². The van der Waals surface area contributed by atoms with Gasteiger partial charge >= 0.3 is 0 Å². The molecular formula is C14H23N3O3S. The zero-order valence-corrected chi connectivity index (χ0v) is 13.6. The van der Waals surface area contributed by atoms with Gasteiger partial charge in [-0.15, -0.1) is 0 Å². The Balaban J connectivity index is 1.84. The van der Waals surface area contributed by atoms with Crippen molar-refractivity contribution in [1.29, 1.82) is 0 Å². The highest BCUT2D eigenvalue weighted by Crippen LogP contribution is 2.27. The van der Waals surface area contributed by atoms with Crippen LogP contribution in [-0.2, 0) is 29.9 Å². The number of imidazole rings is 1. The SMILES string of the molecule is CC(C)c1nc2c(n1C)CCN([C@@H]1CS(=O)(=O)C[C@H]1O)C2. The van der Waals surface area contributed by atoms with Gasteiger partial charge in [0.25, 0.3) is 0 Å². The molecule has 0 unspecified atom stereocenters. The van der Waals surface area contributed by atoms with E-state index in [-0.39, 0.29) is 17.5 Å². The standard InChI is InChI=1S/C14H23N3O3S/c1-9(2)14-15-10-6-17(5-4-11(10)16(14)3)12-7-21(19,20)8-13(12)18/h9,12-13,18H,4-8H2,1-3H3/t12-,13-/m1/s1. The van der Waals surface area contributed by atoms with Crippen LogP contribution in [0.1, 0.15) is 37.0 Å². The maximum atomic E-state index is 11.7. The lowest BCUT2D eigenvalue weighted by molar-refractivity contribution is 0.0733. The molecule has 3 heterocycles. The molecule has 1 aromatic heterocycles. The van der Waals surface area contributed by atoms with E-state index >= 15 is 0 Å². The van der Waals surface area contributed by atoms with Crippen molar-refractivity contribution < 1.29 is 13.5 Å². The second-order valence-electron chi connectivity index (χ2n) is 6.51. The second-order valence-corrected chi connectivity index (χ2v) is 8.66. The Kier molecular flexibility index (Phi) is 3.62. The number of hydrogen-bond acceptors (Lipinski definition) is 5. The van der Waals surface area contributed by atoms with Crippen molar-refractivity contribution in [2.45, 2.75) is 44.9 Å². The van der Waals surface area contributed by atoms with E-state index in [0.717, 1.165) is 24.5 Å². The smallest absolute Gasteiger partial charge is 0.154 e. The minimum Gasteiger partial charge on any atom is -0.390 e. The third-order valence-electron chi connectivity index (χ3n) is 4.60. The van der Waals surface area contributed by atoms with E-state index in [4.69, 9.17) is 4.98 Å². The summed E-state index contributed by atoms with van der Waals surface area (Å²) in [7, 11) is -1.06. The summed E-state index contributed by atoms with van der Waals surface area (Å²) in [6.07, 6.45) is 0.0827. The van der Waals surface area contributed by atoms with Gasteiger partial charge in [-0.3, -0.25) is 4.90 Å². The molecule has 0 aliphatic carbocycles. The number of aliphatic hydroxyl groups excluding tert-OH is 1. The summed E-state index contributed by atoms with van der Waals surface area (Å²) in [5, 5.41) is 10.0. The number of rotatable bonds is 2. The molecular weight excluding hydrogens is 290 g/mol. The maximum Gasteiger partial charge on any atom is 0.154 e. The molecule has 1 aromatic rings. The van der Waals surface area contributed by atoms with Crippen LogP contribution in [0.4, 0.5) is 0 Å². The highest BCUT2D eigenvalue weighted by atomic mass is 32.2. The van der Waals surface area contributed by atoms with Gasteiger partial charge in [0.1, 0.15) is 5.82 Å². The van der Waals surface area contributed by atoms with Crippen molar-refractivity contribution in [1.82, 2.24) is 14.5 Å². The number of nitrogens with zero attached hydrogens (tertiary/aromatic N) is 3. The predicted molar refractivity (Wildman–Crippen MR) is 79.9 cm³/mol. The third-order valence-corrected chi connectivity index (χ3v) is 6.30. The molecule has 7 heteroatoms. The third kappa shape index (κ3) is 2.62. The monoisotopic (exact) mass is 313 g/mol. The summed E-state index contributed by atoms with van der Waals surface area (Å²) in [5.41, 5.74) is 2.27. The summed E-state index contributed by atoms with van der Waals surface area (Å²) in [6, 6.07) is -0.285. The Bertz CT molecular complexity index is 651. The minimum absolute atomic E-state index is 0.0629. The van der Waals surface area contributed by atoms with Gasteiger partial charge in [-0.05, 0) is 0 Å². The highest BCUT2D eigenvalue weighted by molar-refractivity contribution is 7.91. The Morgan fingerprint density at radius 1 is 1.33 bits per heavy atom. The average Bonchev–Trinajstić information content (AvgIpc) is 2.86. The minimum atomic E-state index is -3.11. The fraction of sp³-hybridized carbons (Fsp3) is 0.786. The van der Waals surface area contributed by atoms with Crippen molar-refractivity contribution in [2.24, 2.45) is 7.05 Å². The van der Waals surface area contributed by atoms with Crippen LogP contribution in [0.3, 0.4) is 0 Å². The quantitative estimate of drug-likeness (QED) is 0.835. The van der Waals surface area contributed by atoms with Gasteiger partial charge in [-0.25, -0.2) is 13.4 Å². The van der Waals surface area contributed by atoms with Crippen molar-refractivity contribution in [2.75, 3.05) is 18.1 Å². The van der Waals surface area contributed by atoms with Gasteiger partial charge in [-0.2, -0.15) is 0 Å². The molecule has 21 heavy (non-hydrogen) atoms. The first-order valence-corrected chi connectivity index (χ1v) is 9.27. The van der Waals surface area contributed by atoms with Crippen LogP contribution in [0.2, 0.25) is 0 Å². The number of aliphatic hydroxyl groups is 1. The zero-order chi connectivity index (χ0) is 15.4. The van der Waals surface area contributed by atoms with Gasteiger partial charge in [0.15, 0.2) is 9.84 Å². The van der Waals surface area contributed by atoms with Crippen molar-refractivity contribution in [3.63, 3.8) is 0 Å². The summed E-state index contributed by atoms with van der Waals surface area (Å²) >= 11 is 0. The lowest BCUT2D eigenvalue weighted by atomic mass is 10.1. The summed E-state index contributed by atoms with van der Waals surface area (Å²) < 4.78 is 25.5. The fourth-order valence-corrected chi connectivity index (χ4v) is 5.36. The van der Waals surface area contributed by atoms with Crippen LogP contribution in [0, 0.1) is 0 Å². The molecule has 2 atom stereocenters. The van der Waals surface area contributed by atoms with E-state index in [2.05, 4.69) is 23.3 Å². The molecule has 2 aliphatic rings. The number of fused-ring (bicyclic) bond motifs is 1. The lowest BCUT2D eigenvalue weighted by Crippen LogP contribution is -2.45. The number of sulfone groups is 1. The molecule has 3 rings (SSSR count). The van der Waals surface area contributed by atoms with Crippen molar-refractivity contribution in [3.8, 4) is 0 Å². The van der Waals surface area contributed by atoms with Crippen LogP contribution >= 0.6 is 0 Å². The van der Waals surface area contributed by atoms with E-state index in [1.54, 1.807) is 0 Å². The first-order chi connectivity index (χ1) is 9.78. The summed E-state index contributed by atoms with van der Waals surface area (Å²) in [4.78, 5) is 6.80. The average molecular weight is 313 g/mol. The molecule has 1 N–H and O–H groups in total. The first kappa shape index (κ1) is 15.0. The molecule has 2 aliphatic heterocycles. The fourth-order valence-electron chi connectivity index (χ4n) is 3.53. The number of hydrogen-bond donors (Lipinski definition) is 1. The molecule has 0 amide bonds. The molecule has 0 bridgehead atoms. The lowest BCUT2D eigenvalue weighted by Gasteiger charge is -2.32. The van der Waals surface area contributed by atoms with Crippen LogP contribution in [-0.4, -0.2) is 58.2 Å². The van der Waals surface area contributed by atoms with Crippen molar-refractivity contribution in [3.05, 3.63) is 17.2 Å². The first-order valence-electron chi connectivity index (χ1n) is 7.45. The molecule has 6 nitrogen and oxygen atoms in total.